The SMILES string of the molecule is CCc1ccc(CN[P+]2(O)OC[C@H]3O[C@@H](n4cc(F)c(=O)[nH]c4=O)C[C@@H]3O2)cc1. The molecule has 4 rings (SSSR count). The molecule has 0 bridgehead atoms. The highest BCUT2D eigenvalue weighted by Gasteiger charge is 2.55. The molecule has 3 heterocycles. The van der Waals surface area contributed by atoms with Crippen LogP contribution in [0.3, 0.4) is 0 Å². The lowest BCUT2D eigenvalue weighted by molar-refractivity contribution is -0.0665. The summed E-state index contributed by atoms with van der Waals surface area (Å²) in [4.78, 5) is 35.7. The molecule has 2 aliphatic heterocycles. The van der Waals surface area contributed by atoms with Crippen molar-refractivity contribution in [2.45, 2.75) is 44.7 Å². The molecule has 0 radical (unpaired) electrons. The van der Waals surface area contributed by atoms with Crippen LogP contribution in [0.15, 0.2) is 40.1 Å². The van der Waals surface area contributed by atoms with Crippen molar-refractivity contribution in [1.82, 2.24) is 14.6 Å². The standard InChI is InChI=1S/C18H21FN3O6P/c1-2-11-3-5-12(6-4-11)8-20-29(25)26-10-15-14(28-29)7-16(27-15)22-9-13(19)17(23)21-18(22)24/h3-6,9,14-16,20,25H,2,7-8,10H2,1H3/p+1/t14-,15+,16+,29?/m0/s1. The molecule has 0 amide bonds. The Morgan fingerprint density at radius 3 is 2.72 bits per heavy atom. The number of fused-ring (bicyclic) bond motifs is 1. The van der Waals surface area contributed by atoms with E-state index in [-0.39, 0.29) is 13.0 Å². The third kappa shape index (κ3) is 4.32. The maximum atomic E-state index is 13.6. The monoisotopic (exact) mass is 426 g/mol. The molecule has 2 aliphatic rings. The van der Waals surface area contributed by atoms with Crippen molar-refractivity contribution in [2.75, 3.05) is 6.61 Å². The first-order valence-electron chi connectivity index (χ1n) is 9.31. The van der Waals surface area contributed by atoms with Crippen LogP contribution >= 0.6 is 8.09 Å². The van der Waals surface area contributed by atoms with Crippen molar-refractivity contribution in [2.24, 2.45) is 0 Å². The zero-order valence-electron chi connectivity index (χ0n) is 15.7. The van der Waals surface area contributed by atoms with Gasteiger partial charge in [-0.25, -0.2) is 4.79 Å². The van der Waals surface area contributed by atoms with Gasteiger partial charge in [0.05, 0.1) is 12.7 Å². The second kappa shape index (κ2) is 8.06. The highest BCUT2D eigenvalue weighted by molar-refractivity contribution is 7.58. The Bertz CT molecular complexity index is 996. The molecule has 11 heteroatoms. The fraction of sp³-hybridized carbons (Fsp3) is 0.444. The summed E-state index contributed by atoms with van der Waals surface area (Å²) in [6, 6.07) is 7.98. The number of rotatable bonds is 5. The molecule has 2 fully saturated rings. The Morgan fingerprint density at radius 2 is 2.00 bits per heavy atom. The summed E-state index contributed by atoms with van der Waals surface area (Å²) in [7, 11) is -3.31. The highest BCUT2D eigenvalue weighted by atomic mass is 31.2. The second-order valence-electron chi connectivity index (χ2n) is 6.97. The van der Waals surface area contributed by atoms with Crippen LogP contribution in [0.4, 0.5) is 4.39 Å². The van der Waals surface area contributed by atoms with E-state index in [1.165, 1.54) is 5.56 Å². The predicted molar refractivity (Wildman–Crippen MR) is 102 cm³/mol. The lowest BCUT2D eigenvalue weighted by atomic mass is 10.1. The number of aromatic amines is 1. The molecule has 3 N–H and O–H groups in total. The normalized spacial score (nSPS) is 29.0. The molecular weight excluding hydrogens is 404 g/mol. The van der Waals surface area contributed by atoms with Crippen LogP contribution in [0.5, 0.6) is 0 Å². The molecular formula is C18H22FN3O6P+. The first-order chi connectivity index (χ1) is 13.9. The zero-order valence-corrected chi connectivity index (χ0v) is 16.6. The number of ether oxygens (including phenoxy) is 1. The number of aryl methyl sites for hydroxylation is 1. The van der Waals surface area contributed by atoms with Crippen molar-refractivity contribution in [1.29, 1.82) is 0 Å². The summed E-state index contributed by atoms with van der Waals surface area (Å²) >= 11 is 0. The molecule has 0 aliphatic carbocycles. The summed E-state index contributed by atoms with van der Waals surface area (Å²) in [5, 5.41) is 2.94. The highest BCUT2D eigenvalue weighted by Crippen LogP contribution is 2.59. The number of hydrogen-bond donors (Lipinski definition) is 3. The number of halogens is 1. The summed E-state index contributed by atoms with van der Waals surface area (Å²) in [5.74, 6) is -1.08. The van der Waals surface area contributed by atoms with Crippen LogP contribution in [-0.2, 0) is 26.7 Å². The van der Waals surface area contributed by atoms with E-state index >= 15 is 0 Å². The lowest BCUT2D eigenvalue weighted by Crippen LogP contribution is -2.38. The van der Waals surface area contributed by atoms with Gasteiger partial charge in [0.15, 0.2) is 0 Å². The van der Waals surface area contributed by atoms with Gasteiger partial charge in [-0.1, -0.05) is 31.2 Å². The smallest absolute Gasteiger partial charge is 0.349 e. The van der Waals surface area contributed by atoms with Crippen LogP contribution in [0.1, 0.15) is 30.7 Å². The van der Waals surface area contributed by atoms with Gasteiger partial charge in [-0.15, -0.1) is 5.09 Å². The van der Waals surface area contributed by atoms with E-state index in [9.17, 15) is 18.9 Å². The second-order valence-corrected chi connectivity index (χ2v) is 8.80. The van der Waals surface area contributed by atoms with Gasteiger partial charge in [0, 0.05) is 6.42 Å². The third-order valence-corrected chi connectivity index (χ3v) is 6.63. The molecule has 0 saturated carbocycles. The van der Waals surface area contributed by atoms with Gasteiger partial charge in [0.25, 0.3) is 5.56 Å². The van der Waals surface area contributed by atoms with E-state index in [1.807, 2.05) is 29.2 Å². The van der Waals surface area contributed by atoms with Crippen LogP contribution < -0.4 is 16.3 Å². The van der Waals surface area contributed by atoms with Crippen LogP contribution in [0.2, 0.25) is 0 Å². The summed E-state index contributed by atoms with van der Waals surface area (Å²) in [6.07, 6.45) is 0.0685. The van der Waals surface area contributed by atoms with Gasteiger partial charge in [-0.3, -0.25) is 14.3 Å². The Labute approximate surface area is 166 Å². The minimum atomic E-state index is -3.31. The van der Waals surface area contributed by atoms with Crippen molar-refractivity contribution >= 4 is 8.09 Å². The van der Waals surface area contributed by atoms with Crippen molar-refractivity contribution < 1.29 is 23.1 Å². The topological polar surface area (TPSA) is 115 Å². The van der Waals surface area contributed by atoms with Gasteiger partial charge in [-0.05, 0) is 17.5 Å². The molecule has 9 nitrogen and oxygen atoms in total. The van der Waals surface area contributed by atoms with E-state index in [0.717, 1.165) is 22.7 Å². The van der Waals surface area contributed by atoms with E-state index in [2.05, 4.69) is 12.0 Å². The van der Waals surface area contributed by atoms with Crippen LogP contribution in [0, 0.1) is 5.82 Å². The number of nitrogens with one attached hydrogen (secondary N) is 2. The predicted octanol–water partition coefficient (Wildman–Crippen LogP) is 1.40. The maximum Gasteiger partial charge on any atom is 0.499 e. The van der Waals surface area contributed by atoms with Gasteiger partial charge in [0.2, 0.25) is 5.82 Å². The number of H-pyrrole nitrogens is 1. The van der Waals surface area contributed by atoms with Crippen molar-refractivity contribution in [3.63, 3.8) is 0 Å². The van der Waals surface area contributed by atoms with Gasteiger partial charge in [-0.2, -0.15) is 18.3 Å². The molecule has 4 atom stereocenters. The fourth-order valence-electron chi connectivity index (χ4n) is 3.36. The fourth-order valence-corrected chi connectivity index (χ4v) is 4.91. The van der Waals surface area contributed by atoms with E-state index < -0.39 is 43.6 Å². The average molecular weight is 426 g/mol. The van der Waals surface area contributed by atoms with Gasteiger partial charge >= 0.3 is 13.8 Å². The number of benzene rings is 1. The Hall–Kier alpha value is -1.94. The quantitative estimate of drug-likeness (QED) is 0.619. The van der Waals surface area contributed by atoms with E-state index in [4.69, 9.17) is 13.8 Å². The molecule has 156 valence electrons. The minimum absolute atomic E-state index is 0.0633. The summed E-state index contributed by atoms with van der Waals surface area (Å²) in [5.41, 5.74) is 0.330. The van der Waals surface area contributed by atoms with Crippen LogP contribution in [-0.4, -0.2) is 33.3 Å². The van der Waals surface area contributed by atoms with Crippen molar-refractivity contribution in [3.8, 4) is 0 Å². The molecule has 1 aromatic carbocycles. The Kier molecular flexibility index (Phi) is 5.65. The first kappa shape index (κ1) is 20.3. The molecule has 0 spiro atoms. The molecule has 1 unspecified atom stereocenters. The molecule has 2 aromatic rings. The zero-order chi connectivity index (χ0) is 20.6. The largest absolute Gasteiger partial charge is 0.499 e. The van der Waals surface area contributed by atoms with E-state index in [1.54, 1.807) is 0 Å². The lowest BCUT2D eigenvalue weighted by Gasteiger charge is -2.27. The first-order valence-corrected chi connectivity index (χ1v) is 10.9. The van der Waals surface area contributed by atoms with Gasteiger partial charge in [0.1, 0.15) is 25.0 Å². The summed E-state index contributed by atoms with van der Waals surface area (Å²) in [6.45, 7) is 2.50. The third-order valence-electron chi connectivity index (χ3n) is 5.02. The Morgan fingerprint density at radius 1 is 1.28 bits per heavy atom. The van der Waals surface area contributed by atoms with E-state index in [0.29, 0.717) is 6.54 Å². The minimum Gasteiger partial charge on any atom is -0.349 e. The molecule has 2 saturated heterocycles. The number of hydrogen-bond acceptors (Lipinski definition) is 7. The summed E-state index contributed by atoms with van der Waals surface area (Å²) < 4.78 is 31.5. The maximum absolute atomic E-state index is 13.6. The molecule has 1 aromatic heterocycles. The van der Waals surface area contributed by atoms with Gasteiger partial charge < -0.3 is 4.74 Å². The average Bonchev–Trinajstić information content (AvgIpc) is 3.12. The number of nitrogens with zero attached hydrogens (tertiary/aromatic N) is 1. The number of aromatic nitrogens is 2. The van der Waals surface area contributed by atoms with Crippen molar-refractivity contribution in [3.05, 3.63) is 68.2 Å². The van der Waals surface area contributed by atoms with Crippen LogP contribution in [0.25, 0.3) is 0 Å². The molecule has 29 heavy (non-hydrogen) atoms. The Balaban J connectivity index is 1.41.